The van der Waals surface area contributed by atoms with Crippen LogP contribution in [0.3, 0.4) is 0 Å². The van der Waals surface area contributed by atoms with Gasteiger partial charge in [0, 0.05) is 16.5 Å². The molecule has 4 nitrogen and oxygen atoms in total. The number of ether oxygens (including phenoxy) is 1. The standard InChI is InChI=1S/C21H26Cl2O4/c1-27-21(26)13-17(25)12-16(24)8-9-18-19(10-15(22)11-20(18)23)14-6-4-2-3-5-7-14/h8-11,14,16,24H,2-7,12-13H2,1H3. The molecule has 0 aromatic heterocycles. The Morgan fingerprint density at radius 2 is 1.89 bits per heavy atom. The highest BCUT2D eigenvalue weighted by Gasteiger charge is 2.19. The molecule has 1 unspecified atom stereocenters. The fourth-order valence-electron chi connectivity index (χ4n) is 3.52. The van der Waals surface area contributed by atoms with Gasteiger partial charge in [-0.1, -0.05) is 61.0 Å². The third-order valence-electron chi connectivity index (χ3n) is 4.91. The van der Waals surface area contributed by atoms with Crippen LogP contribution in [0.5, 0.6) is 0 Å². The molecule has 1 aromatic carbocycles. The Balaban J connectivity index is 2.15. The highest BCUT2D eigenvalue weighted by molar-refractivity contribution is 6.35. The van der Waals surface area contributed by atoms with Gasteiger partial charge in [-0.25, -0.2) is 0 Å². The molecule has 27 heavy (non-hydrogen) atoms. The van der Waals surface area contributed by atoms with Crippen molar-refractivity contribution in [3.8, 4) is 0 Å². The number of aliphatic hydroxyl groups is 1. The molecule has 0 bridgehead atoms. The minimum Gasteiger partial charge on any atom is -0.469 e. The van der Waals surface area contributed by atoms with Gasteiger partial charge in [-0.05, 0) is 42.0 Å². The summed E-state index contributed by atoms with van der Waals surface area (Å²) in [6, 6.07) is 3.65. The average Bonchev–Trinajstić information content (AvgIpc) is 2.89. The summed E-state index contributed by atoms with van der Waals surface area (Å²) in [5.74, 6) is -0.584. The van der Waals surface area contributed by atoms with Gasteiger partial charge in [-0.3, -0.25) is 9.59 Å². The van der Waals surface area contributed by atoms with Crippen molar-refractivity contribution in [2.45, 2.75) is 63.4 Å². The van der Waals surface area contributed by atoms with Crippen LogP contribution in [0.25, 0.3) is 6.08 Å². The van der Waals surface area contributed by atoms with E-state index in [1.165, 1.54) is 32.8 Å². The summed E-state index contributed by atoms with van der Waals surface area (Å²) in [5.41, 5.74) is 1.94. The number of Topliss-reactive ketones (excluding diaryl/α,β-unsaturated/α-hetero) is 1. The fourth-order valence-corrected chi connectivity index (χ4v) is 4.09. The minimum atomic E-state index is -0.990. The van der Waals surface area contributed by atoms with E-state index in [4.69, 9.17) is 23.2 Å². The lowest BCUT2D eigenvalue weighted by Gasteiger charge is -2.19. The smallest absolute Gasteiger partial charge is 0.313 e. The predicted molar refractivity (Wildman–Crippen MR) is 108 cm³/mol. The van der Waals surface area contributed by atoms with Gasteiger partial charge in [0.1, 0.15) is 12.2 Å². The molecule has 1 atom stereocenters. The van der Waals surface area contributed by atoms with Gasteiger partial charge in [0.2, 0.25) is 0 Å². The zero-order valence-electron chi connectivity index (χ0n) is 15.5. The van der Waals surface area contributed by atoms with E-state index >= 15 is 0 Å². The molecule has 6 heteroatoms. The monoisotopic (exact) mass is 412 g/mol. The molecule has 148 valence electrons. The summed E-state index contributed by atoms with van der Waals surface area (Å²) in [6.45, 7) is 0. The molecule has 1 aliphatic rings. The molecule has 0 spiro atoms. The molecule has 0 amide bonds. The van der Waals surface area contributed by atoms with Gasteiger partial charge >= 0.3 is 5.97 Å². The molecule has 0 saturated heterocycles. The van der Waals surface area contributed by atoms with E-state index in [0.717, 1.165) is 24.0 Å². The van der Waals surface area contributed by atoms with Crippen LogP contribution in [0.4, 0.5) is 0 Å². The van der Waals surface area contributed by atoms with Crippen molar-refractivity contribution in [3.63, 3.8) is 0 Å². The number of rotatable bonds is 7. The topological polar surface area (TPSA) is 63.6 Å². The van der Waals surface area contributed by atoms with Crippen molar-refractivity contribution in [1.29, 1.82) is 0 Å². The largest absolute Gasteiger partial charge is 0.469 e. The van der Waals surface area contributed by atoms with Gasteiger partial charge in [0.05, 0.1) is 13.2 Å². The Labute approximate surface area is 170 Å². The number of carbonyl (C=O) groups excluding carboxylic acids is 2. The van der Waals surface area contributed by atoms with Crippen molar-refractivity contribution in [1.82, 2.24) is 0 Å². The fraction of sp³-hybridized carbons (Fsp3) is 0.524. The van der Waals surface area contributed by atoms with Crippen LogP contribution in [-0.2, 0) is 14.3 Å². The molecule has 0 radical (unpaired) electrons. The van der Waals surface area contributed by atoms with Gasteiger partial charge in [-0.2, -0.15) is 0 Å². The summed E-state index contributed by atoms with van der Waals surface area (Å²) >= 11 is 12.7. The maximum absolute atomic E-state index is 11.8. The third kappa shape index (κ3) is 6.95. The van der Waals surface area contributed by atoms with Crippen molar-refractivity contribution < 1.29 is 19.4 Å². The van der Waals surface area contributed by atoms with Crippen LogP contribution in [0.2, 0.25) is 10.0 Å². The lowest BCUT2D eigenvalue weighted by atomic mass is 9.88. The quantitative estimate of drug-likeness (QED) is 0.373. The summed E-state index contributed by atoms with van der Waals surface area (Å²) in [5, 5.41) is 11.3. The van der Waals surface area contributed by atoms with Crippen molar-refractivity contribution in [2.75, 3.05) is 7.11 Å². The van der Waals surface area contributed by atoms with Crippen LogP contribution in [-0.4, -0.2) is 30.1 Å². The van der Waals surface area contributed by atoms with Crippen LogP contribution < -0.4 is 0 Å². The summed E-state index contributed by atoms with van der Waals surface area (Å²) in [4.78, 5) is 22.9. The summed E-state index contributed by atoms with van der Waals surface area (Å²) in [7, 11) is 1.23. The van der Waals surface area contributed by atoms with Gasteiger partial charge in [0.15, 0.2) is 0 Å². The Hall–Kier alpha value is -1.36. The molecule has 1 fully saturated rings. The first-order valence-electron chi connectivity index (χ1n) is 9.34. The number of hydrogen-bond donors (Lipinski definition) is 1. The van der Waals surface area contributed by atoms with Crippen LogP contribution in [0.15, 0.2) is 18.2 Å². The van der Waals surface area contributed by atoms with Crippen LogP contribution >= 0.6 is 23.2 Å². The Morgan fingerprint density at radius 1 is 1.22 bits per heavy atom. The van der Waals surface area contributed by atoms with Gasteiger partial charge < -0.3 is 9.84 Å². The van der Waals surface area contributed by atoms with Crippen molar-refractivity contribution in [2.24, 2.45) is 0 Å². The Kier molecular flexibility index (Phi) is 8.81. The SMILES string of the molecule is COC(=O)CC(=O)CC(O)C=Cc1c(Cl)cc(Cl)cc1C1CCCCCC1. The third-order valence-corrected chi connectivity index (χ3v) is 5.44. The van der Waals surface area contributed by atoms with Crippen LogP contribution in [0.1, 0.15) is 68.4 Å². The second kappa shape index (κ2) is 10.8. The second-order valence-electron chi connectivity index (χ2n) is 7.00. The lowest BCUT2D eigenvalue weighted by molar-refractivity contribution is -0.143. The average molecular weight is 413 g/mol. The number of aliphatic hydroxyl groups excluding tert-OH is 1. The molecule has 1 N–H and O–H groups in total. The number of hydrogen-bond acceptors (Lipinski definition) is 4. The number of carbonyl (C=O) groups is 2. The second-order valence-corrected chi connectivity index (χ2v) is 7.84. The molecule has 2 rings (SSSR count). The molecular weight excluding hydrogens is 387 g/mol. The maximum Gasteiger partial charge on any atom is 0.313 e. The first-order chi connectivity index (χ1) is 12.9. The minimum absolute atomic E-state index is 0.143. The zero-order chi connectivity index (χ0) is 19.8. The number of esters is 1. The van der Waals surface area contributed by atoms with E-state index in [1.54, 1.807) is 18.2 Å². The molecular formula is C21H26Cl2O4. The lowest BCUT2D eigenvalue weighted by Crippen LogP contribution is -2.15. The van der Waals surface area contributed by atoms with Crippen LogP contribution in [0, 0.1) is 0 Å². The highest BCUT2D eigenvalue weighted by atomic mass is 35.5. The molecule has 0 aliphatic heterocycles. The van der Waals surface area contributed by atoms with E-state index in [9.17, 15) is 14.7 Å². The highest BCUT2D eigenvalue weighted by Crippen LogP contribution is 2.38. The maximum atomic E-state index is 11.8. The first-order valence-corrected chi connectivity index (χ1v) is 10.1. The zero-order valence-corrected chi connectivity index (χ0v) is 17.1. The predicted octanol–water partition coefficient (Wildman–Crippen LogP) is 5.33. The number of ketones is 1. The van der Waals surface area contributed by atoms with E-state index in [2.05, 4.69) is 4.74 Å². The first kappa shape index (κ1) is 21.9. The molecule has 0 heterocycles. The number of halogens is 2. The van der Waals surface area contributed by atoms with E-state index in [1.807, 2.05) is 6.07 Å². The van der Waals surface area contributed by atoms with Gasteiger partial charge in [-0.15, -0.1) is 0 Å². The summed E-state index contributed by atoms with van der Waals surface area (Å²) in [6.07, 6.45) is 8.89. The molecule has 1 aromatic rings. The number of benzene rings is 1. The normalized spacial score (nSPS) is 16.9. The van der Waals surface area contributed by atoms with Gasteiger partial charge in [0.25, 0.3) is 0 Å². The van der Waals surface area contributed by atoms with E-state index < -0.39 is 12.1 Å². The summed E-state index contributed by atoms with van der Waals surface area (Å²) < 4.78 is 4.46. The van der Waals surface area contributed by atoms with Crippen molar-refractivity contribution in [3.05, 3.63) is 39.4 Å². The Bertz CT molecular complexity index is 692. The van der Waals surface area contributed by atoms with Crippen molar-refractivity contribution >= 4 is 41.0 Å². The number of methoxy groups -OCH3 is 1. The van der Waals surface area contributed by atoms with E-state index in [-0.39, 0.29) is 18.6 Å². The van der Waals surface area contributed by atoms with E-state index in [0.29, 0.717) is 16.0 Å². The molecule has 1 aliphatic carbocycles. The Morgan fingerprint density at radius 3 is 2.52 bits per heavy atom. The molecule has 1 saturated carbocycles.